The van der Waals surface area contributed by atoms with Crippen molar-refractivity contribution in [3.63, 3.8) is 0 Å². The lowest BCUT2D eigenvalue weighted by atomic mass is 10.1. The highest BCUT2D eigenvalue weighted by molar-refractivity contribution is 5.92. The Morgan fingerprint density at radius 3 is 1.91 bits per heavy atom. The number of nitrogens with one attached hydrogen (secondary N) is 1. The van der Waals surface area contributed by atoms with Crippen LogP contribution in [0.3, 0.4) is 0 Å². The number of hydrogen-bond donors (Lipinski definition) is 3. The third-order valence-electron chi connectivity index (χ3n) is 6.50. The van der Waals surface area contributed by atoms with Crippen LogP contribution in [0.2, 0.25) is 0 Å². The monoisotopic (exact) mass is 436 g/mol. The minimum Gasteiger partial charge on any atom is -0.508 e. The van der Waals surface area contributed by atoms with Crippen molar-refractivity contribution in [1.29, 1.82) is 0 Å². The SMILES string of the molecule is CNCCCCCCCCCCCCn1c(-c2ccc(O)cc2)c(C)c2cc(O)ccc21. The van der Waals surface area contributed by atoms with Gasteiger partial charge in [-0.05, 0) is 86.9 Å². The molecule has 0 radical (unpaired) electrons. The van der Waals surface area contributed by atoms with Gasteiger partial charge in [0.15, 0.2) is 0 Å². The zero-order valence-corrected chi connectivity index (χ0v) is 19.9. The fraction of sp³-hybridized carbons (Fsp3) is 0.500. The maximum atomic E-state index is 10.0. The molecule has 2 aromatic carbocycles. The first-order chi connectivity index (χ1) is 15.6. The molecule has 3 N–H and O–H groups in total. The molecule has 174 valence electrons. The molecule has 0 aliphatic carbocycles. The summed E-state index contributed by atoms with van der Waals surface area (Å²) in [6.07, 6.45) is 13.2. The minimum absolute atomic E-state index is 0.282. The van der Waals surface area contributed by atoms with E-state index in [1.165, 1.54) is 74.6 Å². The molecule has 32 heavy (non-hydrogen) atoms. The quantitative estimate of drug-likeness (QED) is 0.235. The number of phenolic OH excluding ortho intramolecular Hbond substituents is 2. The minimum atomic E-state index is 0.282. The van der Waals surface area contributed by atoms with Crippen LogP contribution in [-0.4, -0.2) is 28.4 Å². The summed E-state index contributed by atoms with van der Waals surface area (Å²) >= 11 is 0. The van der Waals surface area contributed by atoms with Gasteiger partial charge in [-0.3, -0.25) is 0 Å². The van der Waals surface area contributed by atoms with E-state index in [9.17, 15) is 10.2 Å². The smallest absolute Gasteiger partial charge is 0.116 e. The van der Waals surface area contributed by atoms with Gasteiger partial charge in [0.1, 0.15) is 11.5 Å². The second-order valence-corrected chi connectivity index (χ2v) is 9.01. The molecule has 4 nitrogen and oxygen atoms in total. The van der Waals surface area contributed by atoms with Gasteiger partial charge in [0.2, 0.25) is 0 Å². The summed E-state index contributed by atoms with van der Waals surface area (Å²) in [7, 11) is 2.03. The lowest BCUT2D eigenvalue weighted by Crippen LogP contribution is -2.06. The maximum Gasteiger partial charge on any atom is 0.116 e. The van der Waals surface area contributed by atoms with Crippen LogP contribution in [0.1, 0.15) is 69.8 Å². The Morgan fingerprint density at radius 1 is 0.719 bits per heavy atom. The van der Waals surface area contributed by atoms with E-state index < -0.39 is 0 Å². The van der Waals surface area contributed by atoms with Crippen LogP contribution in [0.25, 0.3) is 22.2 Å². The van der Waals surface area contributed by atoms with Gasteiger partial charge in [0.05, 0.1) is 5.69 Å². The second-order valence-electron chi connectivity index (χ2n) is 9.01. The molecule has 1 aromatic heterocycles. The molecular formula is C28H40N2O2. The fourth-order valence-corrected chi connectivity index (χ4v) is 4.72. The first-order valence-corrected chi connectivity index (χ1v) is 12.4. The molecule has 0 fully saturated rings. The number of phenols is 2. The summed E-state index contributed by atoms with van der Waals surface area (Å²) in [4.78, 5) is 0. The number of aromatic nitrogens is 1. The highest BCUT2D eigenvalue weighted by Crippen LogP contribution is 2.36. The molecular weight excluding hydrogens is 396 g/mol. The first kappa shape index (κ1) is 24.2. The summed E-state index contributed by atoms with van der Waals surface area (Å²) in [5, 5.41) is 24.0. The number of hydrogen-bond acceptors (Lipinski definition) is 3. The van der Waals surface area contributed by atoms with Crippen LogP contribution in [0.15, 0.2) is 42.5 Å². The zero-order valence-electron chi connectivity index (χ0n) is 19.9. The number of fused-ring (bicyclic) bond motifs is 1. The zero-order chi connectivity index (χ0) is 22.8. The Morgan fingerprint density at radius 2 is 1.28 bits per heavy atom. The fourth-order valence-electron chi connectivity index (χ4n) is 4.72. The van der Waals surface area contributed by atoms with Crippen molar-refractivity contribution in [2.45, 2.75) is 77.7 Å². The maximum absolute atomic E-state index is 10.0. The summed E-state index contributed by atoms with van der Waals surface area (Å²) in [6, 6.07) is 13.1. The lowest BCUT2D eigenvalue weighted by molar-refractivity contribution is 0.475. The molecule has 0 spiro atoms. The molecule has 3 rings (SSSR count). The molecule has 0 atom stereocenters. The Balaban J connectivity index is 1.53. The predicted octanol–water partition coefficient (Wildman–Crippen LogP) is 7.15. The van der Waals surface area contributed by atoms with E-state index in [0.29, 0.717) is 5.75 Å². The topological polar surface area (TPSA) is 57.4 Å². The van der Waals surface area contributed by atoms with Gasteiger partial charge in [0.25, 0.3) is 0 Å². The Labute approximate surface area is 193 Å². The van der Waals surface area contributed by atoms with Crippen LogP contribution in [0, 0.1) is 6.92 Å². The van der Waals surface area contributed by atoms with Crippen molar-refractivity contribution in [2.24, 2.45) is 0 Å². The van der Waals surface area contributed by atoms with E-state index in [-0.39, 0.29) is 5.75 Å². The Hall–Kier alpha value is -2.46. The molecule has 0 amide bonds. The number of aromatic hydroxyl groups is 2. The van der Waals surface area contributed by atoms with Crippen molar-refractivity contribution >= 4 is 10.9 Å². The van der Waals surface area contributed by atoms with Crippen molar-refractivity contribution in [2.75, 3.05) is 13.6 Å². The first-order valence-electron chi connectivity index (χ1n) is 12.4. The number of unbranched alkanes of at least 4 members (excludes halogenated alkanes) is 9. The number of aryl methyl sites for hydroxylation is 2. The van der Waals surface area contributed by atoms with Crippen molar-refractivity contribution < 1.29 is 10.2 Å². The summed E-state index contributed by atoms with van der Waals surface area (Å²) in [5.74, 6) is 0.585. The van der Waals surface area contributed by atoms with Crippen LogP contribution in [-0.2, 0) is 6.54 Å². The van der Waals surface area contributed by atoms with Crippen molar-refractivity contribution in [3.05, 3.63) is 48.0 Å². The summed E-state index contributed by atoms with van der Waals surface area (Å²) in [5.41, 5.74) is 4.63. The molecule has 0 saturated carbocycles. The van der Waals surface area contributed by atoms with Gasteiger partial charge in [-0.25, -0.2) is 0 Å². The Kier molecular flexibility index (Phi) is 9.48. The van der Waals surface area contributed by atoms with Crippen LogP contribution < -0.4 is 5.32 Å². The molecule has 0 unspecified atom stereocenters. The largest absolute Gasteiger partial charge is 0.508 e. The summed E-state index contributed by atoms with van der Waals surface area (Å²) < 4.78 is 2.39. The average Bonchev–Trinajstić information content (AvgIpc) is 3.06. The molecule has 0 aliphatic heterocycles. The third kappa shape index (κ3) is 6.52. The normalized spacial score (nSPS) is 11.4. The van der Waals surface area contributed by atoms with E-state index in [1.54, 1.807) is 18.2 Å². The standard InChI is InChI=1S/C28H40N2O2/c1-22-26-21-25(32)17-18-27(26)30(28(22)23-13-15-24(31)16-14-23)20-12-10-8-6-4-3-5-7-9-11-19-29-2/h13-18,21,29,31-32H,3-12,19-20H2,1-2H3. The number of rotatable bonds is 14. The van der Waals surface area contributed by atoms with Gasteiger partial charge in [-0.1, -0.05) is 51.4 Å². The molecule has 4 heteroatoms. The third-order valence-corrected chi connectivity index (χ3v) is 6.50. The molecule has 3 aromatic rings. The lowest BCUT2D eigenvalue weighted by Gasteiger charge is -2.12. The second kappa shape index (κ2) is 12.5. The van der Waals surface area contributed by atoms with Gasteiger partial charge in [-0.15, -0.1) is 0 Å². The van der Waals surface area contributed by atoms with E-state index in [0.717, 1.165) is 30.5 Å². The molecule has 1 heterocycles. The summed E-state index contributed by atoms with van der Waals surface area (Å²) in [6.45, 7) is 4.24. The average molecular weight is 437 g/mol. The van der Waals surface area contributed by atoms with Gasteiger partial charge >= 0.3 is 0 Å². The molecule has 0 saturated heterocycles. The van der Waals surface area contributed by atoms with Crippen LogP contribution in [0.5, 0.6) is 11.5 Å². The number of benzene rings is 2. The van der Waals surface area contributed by atoms with E-state index >= 15 is 0 Å². The molecule has 0 bridgehead atoms. The van der Waals surface area contributed by atoms with Gasteiger partial charge in [-0.2, -0.15) is 0 Å². The van der Waals surface area contributed by atoms with Gasteiger partial charge < -0.3 is 20.1 Å². The van der Waals surface area contributed by atoms with E-state index in [1.807, 2.05) is 31.3 Å². The highest BCUT2D eigenvalue weighted by Gasteiger charge is 2.16. The van der Waals surface area contributed by atoms with E-state index in [4.69, 9.17) is 0 Å². The highest BCUT2D eigenvalue weighted by atomic mass is 16.3. The number of nitrogens with zero attached hydrogens (tertiary/aromatic N) is 1. The van der Waals surface area contributed by atoms with Crippen LogP contribution in [0.4, 0.5) is 0 Å². The van der Waals surface area contributed by atoms with Crippen molar-refractivity contribution in [1.82, 2.24) is 9.88 Å². The van der Waals surface area contributed by atoms with Gasteiger partial charge in [0, 0.05) is 17.4 Å². The van der Waals surface area contributed by atoms with Crippen LogP contribution >= 0.6 is 0 Å². The molecule has 0 aliphatic rings. The van der Waals surface area contributed by atoms with E-state index in [2.05, 4.69) is 16.8 Å². The van der Waals surface area contributed by atoms with Crippen molar-refractivity contribution in [3.8, 4) is 22.8 Å². The predicted molar refractivity (Wildman–Crippen MR) is 136 cm³/mol. The Bertz CT molecular complexity index is 960.